The third kappa shape index (κ3) is 3.98. The topological polar surface area (TPSA) is 58.6 Å². The normalized spacial score (nSPS) is 15.8. The number of nitrogens with zero attached hydrogens (tertiary/aromatic N) is 1. The summed E-state index contributed by atoms with van der Waals surface area (Å²) < 4.78 is 4.51. The fourth-order valence-corrected chi connectivity index (χ4v) is 2.35. The van der Waals surface area contributed by atoms with Gasteiger partial charge in [-0.05, 0) is 25.0 Å². The van der Waals surface area contributed by atoms with Gasteiger partial charge in [-0.3, -0.25) is 9.59 Å². The lowest BCUT2D eigenvalue weighted by Gasteiger charge is -2.32. The molecule has 0 aliphatic carbocycles. The summed E-state index contributed by atoms with van der Waals surface area (Å²) in [6.07, 6.45) is 1.62. The lowest BCUT2D eigenvalue weighted by molar-refractivity contribution is -0.147. The molecule has 0 atom stereocenters. The summed E-state index contributed by atoms with van der Waals surface area (Å²) in [6.45, 7) is 1.36. The van der Waals surface area contributed by atoms with Crippen LogP contribution < -0.4 is 5.32 Å². The lowest BCUT2D eigenvalue weighted by Crippen LogP contribution is -2.43. The highest BCUT2D eigenvalue weighted by Gasteiger charge is 2.24. The first-order valence-corrected chi connectivity index (χ1v) is 6.85. The van der Waals surface area contributed by atoms with Gasteiger partial charge in [-0.2, -0.15) is 0 Å². The molecule has 1 heterocycles. The monoisotopic (exact) mass is 276 g/mol. The van der Waals surface area contributed by atoms with Crippen molar-refractivity contribution >= 4 is 17.6 Å². The van der Waals surface area contributed by atoms with E-state index in [0.717, 1.165) is 18.5 Å². The van der Waals surface area contributed by atoms with E-state index in [1.807, 2.05) is 30.3 Å². The van der Waals surface area contributed by atoms with Crippen LogP contribution in [-0.2, 0) is 14.3 Å². The molecule has 0 radical (unpaired) electrons. The number of likely N-dealkylation sites (tertiary alicyclic amines) is 1. The van der Waals surface area contributed by atoms with Crippen molar-refractivity contribution in [3.05, 3.63) is 30.3 Å². The molecule has 0 aromatic heterocycles. The van der Waals surface area contributed by atoms with Gasteiger partial charge in [0, 0.05) is 24.8 Å². The Morgan fingerprint density at radius 1 is 1.25 bits per heavy atom. The number of amides is 1. The van der Waals surface area contributed by atoms with E-state index in [9.17, 15) is 9.59 Å². The van der Waals surface area contributed by atoms with Gasteiger partial charge in [0.1, 0.15) is 6.42 Å². The number of rotatable bonds is 4. The predicted octanol–water partition coefficient (Wildman–Crippen LogP) is 1.65. The van der Waals surface area contributed by atoms with Crippen molar-refractivity contribution in [3.8, 4) is 0 Å². The second-order valence-electron chi connectivity index (χ2n) is 4.92. The third-order valence-electron chi connectivity index (χ3n) is 3.52. The molecule has 1 N–H and O–H groups in total. The number of benzene rings is 1. The molecule has 0 spiro atoms. The maximum atomic E-state index is 11.8. The zero-order chi connectivity index (χ0) is 14.4. The van der Waals surface area contributed by atoms with Crippen LogP contribution in [0.4, 0.5) is 5.69 Å². The van der Waals surface area contributed by atoms with E-state index in [-0.39, 0.29) is 12.3 Å². The molecule has 0 saturated carbocycles. The molecule has 108 valence electrons. The van der Waals surface area contributed by atoms with E-state index in [2.05, 4.69) is 10.1 Å². The van der Waals surface area contributed by atoms with Crippen molar-refractivity contribution in [2.45, 2.75) is 25.3 Å². The Morgan fingerprint density at radius 3 is 2.50 bits per heavy atom. The molecule has 1 amide bonds. The Balaban J connectivity index is 1.77. The molecular weight excluding hydrogens is 256 g/mol. The Labute approximate surface area is 118 Å². The molecule has 20 heavy (non-hydrogen) atoms. The number of anilines is 1. The first kappa shape index (κ1) is 14.4. The fourth-order valence-electron chi connectivity index (χ4n) is 2.35. The maximum Gasteiger partial charge on any atom is 0.315 e. The molecule has 5 nitrogen and oxygen atoms in total. The highest BCUT2D eigenvalue weighted by atomic mass is 16.5. The molecule has 0 bridgehead atoms. The number of carbonyl (C=O) groups is 2. The Morgan fingerprint density at radius 2 is 1.90 bits per heavy atom. The average Bonchev–Trinajstić information content (AvgIpc) is 2.49. The SMILES string of the molecule is COC(=O)CC(=O)N1CCC(Nc2ccccc2)CC1. The van der Waals surface area contributed by atoms with Crippen molar-refractivity contribution in [2.24, 2.45) is 0 Å². The van der Waals surface area contributed by atoms with E-state index in [4.69, 9.17) is 0 Å². The standard InChI is InChI=1S/C15H20N2O3/c1-20-15(19)11-14(18)17-9-7-13(8-10-17)16-12-5-3-2-4-6-12/h2-6,13,16H,7-11H2,1H3. The number of para-hydroxylation sites is 1. The van der Waals surface area contributed by atoms with E-state index >= 15 is 0 Å². The summed E-state index contributed by atoms with van der Waals surface area (Å²) in [5.41, 5.74) is 1.10. The van der Waals surface area contributed by atoms with Crippen LogP contribution in [0.5, 0.6) is 0 Å². The van der Waals surface area contributed by atoms with Gasteiger partial charge >= 0.3 is 5.97 Å². The van der Waals surface area contributed by atoms with E-state index in [1.54, 1.807) is 4.90 Å². The van der Waals surface area contributed by atoms with Crippen LogP contribution in [-0.4, -0.2) is 43.0 Å². The molecule has 1 aromatic carbocycles. The summed E-state index contributed by atoms with van der Waals surface area (Å²) in [7, 11) is 1.30. The highest BCUT2D eigenvalue weighted by Crippen LogP contribution is 2.16. The minimum atomic E-state index is -0.473. The Bertz CT molecular complexity index is 453. The summed E-state index contributed by atoms with van der Waals surface area (Å²) >= 11 is 0. The van der Waals surface area contributed by atoms with Gasteiger partial charge in [-0.15, -0.1) is 0 Å². The number of esters is 1. The number of methoxy groups -OCH3 is 1. The van der Waals surface area contributed by atoms with Crippen molar-refractivity contribution < 1.29 is 14.3 Å². The molecule has 2 rings (SSSR count). The van der Waals surface area contributed by atoms with Crippen LogP contribution in [0, 0.1) is 0 Å². The summed E-state index contributed by atoms with van der Waals surface area (Å²) in [5.74, 6) is -0.616. The smallest absolute Gasteiger partial charge is 0.315 e. The number of nitrogens with one attached hydrogen (secondary N) is 1. The minimum Gasteiger partial charge on any atom is -0.469 e. The summed E-state index contributed by atoms with van der Waals surface area (Å²) in [6, 6.07) is 10.4. The second-order valence-corrected chi connectivity index (χ2v) is 4.92. The lowest BCUT2D eigenvalue weighted by atomic mass is 10.0. The van der Waals surface area contributed by atoms with E-state index in [1.165, 1.54) is 7.11 Å². The van der Waals surface area contributed by atoms with E-state index in [0.29, 0.717) is 19.1 Å². The zero-order valence-corrected chi connectivity index (χ0v) is 11.7. The van der Waals surface area contributed by atoms with Crippen molar-refractivity contribution in [3.63, 3.8) is 0 Å². The Hall–Kier alpha value is -2.04. The first-order valence-electron chi connectivity index (χ1n) is 6.85. The van der Waals surface area contributed by atoms with Gasteiger partial charge in [0.15, 0.2) is 0 Å². The molecule has 5 heteroatoms. The quantitative estimate of drug-likeness (QED) is 0.671. The second kappa shape index (κ2) is 6.93. The van der Waals surface area contributed by atoms with Crippen LogP contribution in [0.1, 0.15) is 19.3 Å². The maximum absolute atomic E-state index is 11.8. The predicted molar refractivity (Wildman–Crippen MR) is 76.3 cm³/mol. The highest BCUT2D eigenvalue weighted by molar-refractivity contribution is 5.94. The summed E-state index contributed by atoms with van der Waals surface area (Å²) in [4.78, 5) is 24.7. The van der Waals surface area contributed by atoms with Crippen LogP contribution >= 0.6 is 0 Å². The molecule has 1 fully saturated rings. The third-order valence-corrected chi connectivity index (χ3v) is 3.52. The van der Waals surface area contributed by atoms with Gasteiger partial charge < -0.3 is 15.0 Å². The van der Waals surface area contributed by atoms with E-state index < -0.39 is 5.97 Å². The number of carbonyl (C=O) groups excluding carboxylic acids is 2. The number of piperidine rings is 1. The first-order chi connectivity index (χ1) is 9.69. The van der Waals surface area contributed by atoms with Gasteiger partial charge in [0.25, 0.3) is 0 Å². The van der Waals surface area contributed by atoms with Crippen molar-refractivity contribution in [1.29, 1.82) is 0 Å². The van der Waals surface area contributed by atoms with Crippen molar-refractivity contribution in [2.75, 3.05) is 25.5 Å². The molecule has 1 aliphatic rings. The molecule has 1 aromatic rings. The van der Waals surface area contributed by atoms with Gasteiger partial charge in [-0.25, -0.2) is 0 Å². The number of ether oxygens (including phenoxy) is 1. The largest absolute Gasteiger partial charge is 0.469 e. The van der Waals surface area contributed by atoms with Crippen molar-refractivity contribution in [1.82, 2.24) is 4.90 Å². The van der Waals surface area contributed by atoms with Gasteiger partial charge in [-0.1, -0.05) is 18.2 Å². The average molecular weight is 276 g/mol. The molecular formula is C15H20N2O3. The molecule has 0 unspecified atom stereocenters. The molecule has 1 aliphatic heterocycles. The Kier molecular flexibility index (Phi) is 4.98. The minimum absolute atomic E-state index is 0.144. The van der Waals surface area contributed by atoms with Crippen LogP contribution in [0.3, 0.4) is 0 Å². The number of hydrogen-bond acceptors (Lipinski definition) is 4. The van der Waals surface area contributed by atoms with Crippen LogP contribution in [0.25, 0.3) is 0 Å². The van der Waals surface area contributed by atoms with Crippen LogP contribution in [0.15, 0.2) is 30.3 Å². The van der Waals surface area contributed by atoms with Gasteiger partial charge in [0.05, 0.1) is 7.11 Å². The number of hydrogen-bond donors (Lipinski definition) is 1. The van der Waals surface area contributed by atoms with Crippen LogP contribution in [0.2, 0.25) is 0 Å². The summed E-state index contributed by atoms with van der Waals surface area (Å²) in [5, 5.41) is 3.46. The zero-order valence-electron chi connectivity index (χ0n) is 11.7. The fraction of sp³-hybridized carbons (Fsp3) is 0.467. The molecule has 1 saturated heterocycles. The van der Waals surface area contributed by atoms with Gasteiger partial charge in [0.2, 0.25) is 5.91 Å².